The summed E-state index contributed by atoms with van der Waals surface area (Å²) in [5, 5.41) is 9.84. The Morgan fingerprint density at radius 1 is 1.50 bits per heavy atom. The molecule has 4 heteroatoms. The van der Waals surface area contributed by atoms with Crippen molar-refractivity contribution in [1.29, 1.82) is 0 Å². The predicted octanol–water partition coefficient (Wildman–Crippen LogP) is 1.12. The molecule has 0 bridgehead atoms. The quantitative estimate of drug-likeness (QED) is 0.609. The van der Waals surface area contributed by atoms with Crippen LogP contribution in [0.3, 0.4) is 0 Å². The summed E-state index contributed by atoms with van der Waals surface area (Å²) in [5.41, 5.74) is 0. The topological polar surface area (TPSA) is 55.8 Å². The molecule has 0 fully saturated rings. The number of esters is 1. The highest BCUT2D eigenvalue weighted by atomic mass is 16.5. The Labute approximate surface area is 92.2 Å². The SMILES string of the molecule is [2H]C([2H])(CCCC(=O)OC)C([2H])(O)C([2H])([2H])COC. The van der Waals surface area contributed by atoms with E-state index < -0.39 is 31.4 Å². The van der Waals surface area contributed by atoms with E-state index in [0.717, 1.165) is 0 Å². The zero-order valence-corrected chi connectivity index (χ0v) is 8.50. The molecule has 4 nitrogen and oxygen atoms in total. The zero-order chi connectivity index (χ0) is 15.3. The van der Waals surface area contributed by atoms with E-state index in [0.29, 0.717) is 0 Å². The maximum atomic E-state index is 10.9. The van der Waals surface area contributed by atoms with Crippen molar-refractivity contribution in [2.45, 2.75) is 38.1 Å². The molecule has 0 spiro atoms. The second-order valence-electron chi connectivity index (χ2n) is 2.56. The van der Waals surface area contributed by atoms with Crippen LogP contribution in [-0.4, -0.2) is 38.0 Å². The Balaban J connectivity index is 4.72. The molecule has 0 aliphatic carbocycles. The van der Waals surface area contributed by atoms with Crippen molar-refractivity contribution in [2.75, 3.05) is 20.8 Å². The lowest BCUT2D eigenvalue weighted by Gasteiger charge is -2.08. The van der Waals surface area contributed by atoms with Crippen molar-refractivity contribution >= 4 is 5.97 Å². The third-order valence-electron chi connectivity index (χ3n) is 1.46. The molecule has 0 radical (unpaired) electrons. The summed E-state index contributed by atoms with van der Waals surface area (Å²) in [6, 6.07) is 0. The van der Waals surface area contributed by atoms with E-state index in [-0.39, 0.29) is 19.3 Å². The van der Waals surface area contributed by atoms with E-state index in [2.05, 4.69) is 9.47 Å². The molecule has 0 amide bonds. The lowest BCUT2D eigenvalue weighted by molar-refractivity contribution is -0.140. The van der Waals surface area contributed by atoms with Gasteiger partial charge in [0.15, 0.2) is 0 Å². The summed E-state index contributed by atoms with van der Waals surface area (Å²) < 4.78 is 46.8. The van der Waals surface area contributed by atoms with Crippen LogP contribution in [-0.2, 0) is 14.3 Å². The standard InChI is InChI=1S/C10H20O4/c1-13-8-7-9(11)5-3-4-6-10(12)14-2/h9,11H,3-8H2,1-2H3/i5D2,7D2,9D. The van der Waals surface area contributed by atoms with Crippen molar-refractivity contribution < 1.29 is 26.2 Å². The van der Waals surface area contributed by atoms with Crippen molar-refractivity contribution in [1.82, 2.24) is 0 Å². The van der Waals surface area contributed by atoms with Gasteiger partial charge in [0.1, 0.15) is 0 Å². The first-order valence-corrected chi connectivity index (χ1v) is 4.30. The van der Waals surface area contributed by atoms with Gasteiger partial charge in [0.25, 0.3) is 0 Å². The molecule has 14 heavy (non-hydrogen) atoms. The lowest BCUT2D eigenvalue weighted by Crippen LogP contribution is -2.10. The smallest absolute Gasteiger partial charge is 0.305 e. The van der Waals surface area contributed by atoms with E-state index >= 15 is 0 Å². The summed E-state index contributed by atoms with van der Waals surface area (Å²) >= 11 is 0. The van der Waals surface area contributed by atoms with Crippen molar-refractivity contribution in [3.63, 3.8) is 0 Å². The van der Waals surface area contributed by atoms with Crippen molar-refractivity contribution in [2.24, 2.45) is 0 Å². The third kappa shape index (κ3) is 8.01. The molecular formula is C10H20O4. The molecule has 0 heterocycles. The Morgan fingerprint density at radius 2 is 2.21 bits per heavy atom. The molecule has 84 valence electrons. The van der Waals surface area contributed by atoms with Crippen LogP contribution in [0, 0.1) is 0 Å². The predicted molar refractivity (Wildman–Crippen MR) is 53.0 cm³/mol. The monoisotopic (exact) mass is 209 g/mol. The van der Waals surface area contributed by atoms with Crippen LogP contribution in [0.25, 0.3) is 0 Å². The average Bonchev–Trinajstić information content (AvgIpc) is 2.27. The summed E-state index contributed by atoms with van der Waals surface area (Å²) in [4.78, 5) is 10.9. The van der Waals surface area contributed by atoms with Gasteiger partial charge in [0, 0.05) is 25.6 Å². The number of ether oxygens (including phenoxy) is 2. The van der Waals surface area contributed by atoms with E-state index in [1.54, 1.807) is 0 Å². The fraction of sp³-hybridized carbons (Fsp3) is 0.900. The molecule has 0 aromatic heterocycles. The number of carbonyl (C=O) groups excluding carboxylic acids is 1. The minimum Gasteiger partial charge on any atom is -0.469 e. The van der Waals surface area contributed by atoms with Gasteiger partial charge in [0.05, 0.1) is 14.6 Å². The number of rotatable bonds is 8. The molecule has 1 atom stereocenters. The first kappa shape index (κ1) is 6.80. The molecule has 0 aromatic rings. The van der Waals surface area contributed by atoms with Gasteiger partial charge in [0.2, 0.25) is 0 Å². The zero-order valence-electron chi connectivity index (χ0n) is 13.5. The van der Waals surface area contributed by atoms with Gasteiger partial charge in [-0.2, -0.15) is 0 Å². The number of hydrogen-bond acceptors (Lipinski definition) is 4. The van der Waals surface area contributed by atoms with Gasteiger partial charge in [-0.15, -0.1) is 0 Å². The maximum Gasteiger partial charge on any atom is 0.305 e. The third-order valence-corrected chi connectivity index (χ3v) is 1.46. The largest absolute Gasteiger partial charge is 0.469 e. The second kappa shape index (κ2) is 8.97. The van der Waals surface area contributed by atoms with Gasteiger partial charge in [-0.3, -0.25) is 4.79 Å². The fourth-order valence-corrected chi connectivity index (χ4v) is 0.745. The normalized spacial score (nSPS) is 22.1. The molecule has 0 rings (SSSR count). The highest BCUT2D eigenvalue weighted by Crippen LogP contribution is 2.06. The first-order valence-electron chi connectivity index (χ1n) is 6.80. The van der Waals surface area contributed by atoms with Crippen LogP contribution in [0.4, 0.5) is 0 Å². The van der Waals surface area contributed by atoms with E-state index in [1.165, 1.54) is 14.2 Å². The summed E-state index contributed by atoms with van der Waals surface area (Å²) in [5.74, 6) is -0.524. The van der Waals surface area contributed by atoms with E-state index in [9.17, 15) is 9.90 Å². The van der Waals surface area contributed by atoms with Gasteiger partial charge >= 0.3 is 5.97 Å². The Hall–Kier alpha value is -0.610. The van der Waals surface area contributed by atoms with Gasteiger partial charge in [-0.05, 0) is 19.2 Å². The summed E-state index contributed by atoms with van der Waals surface area (Å²) in [6.45, 7) is -0.608. The Morgan fingerprint density at radius 3 is 2.79 bits per heavy atom. The van der Waals surface area contributed by atoms with E-state index in [4.69, 9.17) is 6.85 Å². The molecule has 1 N–H and O–H groups in total. The average molecular weight is 209 g/mol. The number of hydrogen-bond donors (Lipinski definition) is 1. The minimum absolute atomic E-state index is 0.0456. The molecular weight excluding hydrogens is 184 g/mol. The molecule has 0 saturated heterocycles. The Bertz CT molecular complexity index is 306. The van der Waals surface area contributed by atoms with Crippen LogP contribution in [0.2, 0.25) is 0 Å². The van der Waals surface area contributed by atoms with Crippen LogP contribution in [0.5, 0.6) is 0 Å². The van der Waals surface area contributed by atoms with Crippen molar-refractivity contribution in [3.8, 4) is 0 Å². The van der Waals surface area contributed by atoms with Gasteiger partial charge in [-0.1, -0.05) is 6.42 Å². The van der Waals surface area contributed by atoms with Crippen LogP contribution in [0.1, 0.15) is 38.9 Å². The second-order valence-corrected chi connectivity index (χ2v) is 2.56. The highest BCUT2D eigenvalue weighted by Gasteiger charge is 2.04. The highest BCUT2D eigenvalue weighted by molar-refractivity contribution is 5.68. The van der Waals surface area contributed by atoms with Crippen LogP contribution in [0.15, 0.2) is 0 Å². The minimum atomic E-state index is -2.98. The van der Waals surface area contributed by atoms with Crippen molar-refractivity contribution in [3.05, 3.63) is 0 Å². The summed E-state index contributed by atoms with van der Waals surface area (Å²) in [6.07, 6.45) is -8.43. The van der Waals surface area contributed by atoms with Gasteiger partial charge in [-0.25, -0.2) is 0 Å². The molecule has 0 saturated carbocycles. The van der Waals surface area contributed by atoms with Crippen LogP contribution < -0.4 is 0 Å². The lowest BCUT2D eigenvalue weighted by atomic mass is 10.1. The van der Waals surface area contributed by atoms with E-state index in [1.807, 2.05) is 0 Å². The Kier molecular flexibility index (Phi) is 4.35. The molecule has 0 aliphatic heterocycles. The fourth-order valence-electron chi connectivity index (χ4n) is 0.745. The number of methoxy groups -OCH3 is 2. The van der Waals surface area contributed by atoms with Crippen LogP contribution >= 0.6 is 0 Å². The molecule has 1 unspecified atom stereocenters. The first-order chi connectivity index (χ1) is 8.52. The summed E-state index contributed by atoms with van der Waals surface area (Å²) in [7, 11) is 2.40. The molecule has 0 aromatic carbocycles. The molecule has 0 aliphatic rings. The van der Waals surface area contributed by atoms with Gasteiger partial charge < -0.3 is 14.6 Å². The number of carbonyl (C=O) groups is 1. The number of aliphatic hydroxyl groups is 1. The maximum absolute atomic E-state index is 10.9.